The molecule has 2 heterocycles. The quantitative estimate of drug-likeness (QED) is 0.502. The van der Waals surface area contributed by atoms with Crippen LogP contribution in [0.5, 0.6) is 0 Å². The van der Waals surface area contributed by atoms with Crippen LogP contribution < -0.4 is 5.32 Å². The van der Waals surface area contributed by atoms with Gasteiger partial charge in [-0.3, -0.25) is 5.32 Å². The second-order valence-electron chi connectivity index (χ2n) is 6.09. The van der Waals surface area contributed by atoms with Gasteiger partial charge in [-0.15, -0.1) is 0 Å². The van der Waals surface area contributed by atoms with Gasteiger partial charge in [0, 0.05) is 28.9 Å². The largest absolute Gasteiger partial charge is 0.465 e. The van der Waals surface area contributed by atoms with E-state index < -0.39 is 6.09 Å². The molecule has 0 saturated heterocycles. The Balaban J connectivity index is 1.69. The first-order valence-electron chi connectivity index (χ1n) is 8.39. The molecule has 0 unspecified atom stereocenters. The Kier molecular flexibility index (Phi) is 3.93. The van der Waals surface area contributed by atoms with Crippen molar-refractivity contribution in [2.24, 2.45) is 0 Å². The molecule has 6 nitrogen and oxygen atoms in total. The van der Waals surface area contributed by atoms with Crippen molar-refractivity contribution in [1.82, 2.24) is 14.8 Å². The lowest BCUT2D eigenvalue weighted by molar-refractivity contribution is 0.210. The summed E-state index contributed by atoms with van der Waals surface area (Å²) in [7, 11) is 0. The van der Waals surface area contributed by atoms with Gasteiger partial charge in [0.2, 0.25) is 0 Å². The maximum absolute atomic E-state index is 10.9. The number of fused-ring (bicyclic) bond motifs is 1. The summed E-state index contributed by atoms with van der Waals surface area (Å²) in [5, 5.41) is 16.7. The zero-order valence-corrected chi connectivity index (χ0v) is 14.2. The third-order valence-corrected chi connectivity index (χ3v) is 4.45. The van der Waals surface area contributed by atoms with Crippen LogP contribution in [0.25, 0.3) is 27.7 Å². The van der Waals surface area contributed by atoms with Crippen molar-refractivity contribution < 1.29 is 9.90 Å². The lowest BCUT2D eigenvalue weighted by atomic mass is 10.1. The van der Waals surface area contributed by atoms with E-state index in [0.29, 0.717) is 5.69 Å². The van der Waals surface area contributed by atoms with Gasteiger partial charge in [-0.05, 0) is 41.8 Å². The number of nitrogens with one attached hydrogen (secondary N) is 2. The molecule has 0 bridgehead atoms. The first-order chi connectivity index (χ1) is 12.6. The zero-order valence-electron chi connectivity index (χ0n) is 14.2. The summed E-state index contributed by atoms with van der Waals surface area (Å²) in [5.74, 6) is 0. The smallest absolute Gasteiger partial charge is 0.409 e. The van der Waals surface area contributed by atoms with Gasteiger partial charge in [-0.2, -0.15) is 5.10 Å². The van der Waals surface area contributed by atoms with Gasteiger partial charge in [0.25, 0.3) is 0 Å². The Morgan fingerprint density at radius 1 is 1.19 bits per heavy atom. The van der Waals surface area contributed by atoms with E-state index in [9.17, 15) is 4.79 Å². The number of aryl methyl sites for hydroxylation is 1. The molecule has 0 aliphatic carbocycles. The maximum atomic E-state index is 10.9. The van der Waals surface area contributed by atoms with E-state index in [1.807, 2.05) is 35.3 Å². The number of hydrogen-bond donors (Lipinski definition) is 3. The van der Waals surface area contributed by atoms with Gasteiger partial charge in [0.05, 0.1) is 17.6 Å². The highest BCUT2D eigenvalue weighted by molar-refractivity contribution is 6.00. The molecule has 0 radical (unpaired) electrons. The predicted octanol–water partition coefficient (Wildman–Crippen LogP) is 4.67. The standard InChI is InChI=1S/C20H18N4O2/c1-2-13-3-6-16(7-4-13)24-12-15(10-22-24)14-5-8-18-17(9-14)19(11-21-18)23-20(25)26/h3-12,21,23H,2H2,1H3,(H,25,26). The number of nitrogens with zero attached hydrogens (tertiary/aromatic N) is 2. The molecule has 6 heteroatoms. The summed E-state index contributed by atoms with van der Waals surface area (Å²) in [4.78, 5) is 14.0. The number of aromatic amines is 1. The Bertz CT molecular complexity index is 1080. The van der Waals surface area contributed by atoms with Crippen LogP contribution >= 0.6 is 0 Å². The highest BCUT2D eigenvalue weighted by atomic mass is 16.4. The summed E-state index contributed by atoms with van der Waals surface area (Å²) < 4.78 is 1.84. The summed E-state index contributed by atoms with van der Waals surface area (Å²) >= 11 is 0. The molecular weight excluding hydrogens is 328 g/mol. The number of aromatic nitrogens is 3. The lowest BCUT2D eigenvalue weighted by Gasteiger charge is -2.03. The van der Waals surface area contributed by atoms with E-state index in [-0.39, 0.29) is 0 Å². The van der Waals surface area contributed by atoms with E-state index in [2.05, 4.69) is 46.6 Å². The molecule has 1 amide bonds. The number of carboxylic acid groups (broad SMARTS) is 1. The molecule has 0 saturated carbocycles. The van der Waals surface area contributed by atoms with E-state index >= 15 is 0 Å². The van der Waals surface area contributed by atoms with Crippen molar-refractivity contribution in [3.05, 3.63) is 66.6 Å². The van der Waals surface area contributed by atoms with Crippen molar-refractivity contribution in [2.45, 2.75) is 13.3 Å². The molecule has 2 aromatic heterocycles. The fraction of sp³-hybridized carbons (Fsp3) is 0.100. The van der Waals surface area contributed by atoms with Gasteiger partial charge in [-0.25, -0.2) is 9.48 Å². The second kappa shape index (κ2) is 6.40. The summed E-state index contributed by atoms with van der Waals surface area (Å²) in [6.07, 6.45) is 5.36. The molecule has 0 spiro atoms. The second-order valence-corrected chi connectivity index (χ2v) is 6.09. The molecule has 0 aliphatic rings. The summed E-state index contributed by atoms with van der Waals surface area (Å²) in [6, 6.07) is 14.2. The molecule has 4 aromatic rings. The molecule has 130 valence electrons. The third-order valence-electron chi connectivity index (χ3n) is 4.45. The van der Waals surface area contributed by atoms with E-state index in [4.69, 9.17) is 5.11 Å². The maximum Gasteiger partial charge on any atom is 0.409 e. The van der Waals surface area contributed by atoms with E-state index in [0.717, 1.165) is 34.1 Å². The van der Waals surface area contributed by atoms with Gasteiger partial charge in [-0.1, -0.05) is 25.1 Å². The SMILES string of the molecule is CCc1ccc(-n2cc(-c3ccc4[nH]cc(NC(=O)O)c4c3)cn2)cc1. The average molecular weight is 346 g/mol. The zero-order chi connectivity index (χ0) is 18.1. The Morgan fingerprint density at radius 2 is 2.00 bits per heavy atom. The average Bonchev–Trinajstić information content (AvgIpc) is 3.29. The van der Waals surface area contributed by atoms with Crippen LogP contribution in [-0.4, -0.2) is 26.0 Å². The topological polar surface area (TPSA) is 82.9 Å². The van der Waals surface area contributed by atoms with Gasteiger partial charge < -0.3 is 10.1 Å². The van der Waals surface area contributed by atoms with E-state index in [1.54, 1.807) is 6.20 Å². The summed E-state index contributed by atoms with van der Waals surface area (Å²) in [6.45, 7) is 2.13. The van der Waals surface area contributed by atoms with Crippen molar-refractivity contribution in [3.8, 4) is 16.8 Å². The number of hydrogen-bond acceptors (Lipinski definition) is 2. The molecule has 26 heavy (non-hydrogen) atoms. The number of anilines is 1. The number of rotatable bonds is 4. The normalized spacial score (nSPS) is 11.0. The van der Waals surface area contributed by atoms with Gasteiger partial charge in [0.15, 0.2) is 0 Å². The number of carbonyl (C=O) groups is 1. The van der Waals surface area contributed by atoms with Crippen LogP contribution in [0.1, 0.15) is 12.5 Å². The highest BCUT2D eigenvalue weighted by Gasteiger charge is 2.09. The molecule has 2 aromatic carbocycles. The molecule has 0 aliphatic heterocycles. The van der Waals surface area contributed by atoms with Crippen LogP contribution in [0.3, 0.4) is 0 Å². The molecule has 0 atom stereocenters. The molecular formula is C20H18N4O2. The van der Waals surface area contributed by atoms with Gasteiger partial charge in [0.1, 0.15) is 0 Å². The van der Waals surface area contributed by atoms with Crippen molar-refractivity contribution in [2.75, 3.05) is 5.32 Å². The first-order valence-corrected chi connectivity index (χ1v) is 8.39. The fourth-order valence-electron chi connectivity index (χ4n) is 3.02. The molecule has 3 N–H and O–H groups in total. The molecule has 0 fully saturated rings. The van der Waals surface area contributed by atoms with Crippen molar-refractivity contribution >= 4 is 22.7 Å². The lowest BCUT2D eigenvalue weighted by Crippen LogP contribution is -2.06. The number of amides is 1. The Morgan fingerprint density at radius 3 is 2.73 bits per heavy atom. The minimum atomic E-state index is -1.08. The minimum Gasteiger partial charge on any atom is -0.465 e. The van der Waals surface area contributed by atoms with Crippen LogP contribution in [0.4, 0.5) is 10.5 Å². The van der Waals surface area contributed by atoms with Crippen molar-refractivity contribution in [1.29, 1.82) is 0 Å². The van der Waals surface area contributed by atoms with Gasteiger partial charge >= 0.3 is 6.09 Å². The van der Waals surface area contributed by atoms with Crippen LogP contribution in [-0.2, 0) is 6.42 Å². The van der Waals surface area contributed by atoms with Crippen LogP contribution in [0.2, 0.25) is 0 Å². The van der Waals surface area contributed by atoms with Crippen molar-refractivity contribution in [3.63, 3.8) is 0 Å². The molecule has 4 rings (SSSR count). The fourth-order valence-corrected chi connectivity index (χ4v) is 3.02. The van der Waals surface area contributed by atoms with E-state index in [1.165, 1.54) is 5.56 Å². The number of benzene rings is 2. The predicted molar refractivity (Wildman–Crippen MR) is 102 cm³/mol. The number of H-pyrrole nitrogens is 1. The Hall–Kier alpha value is -3.54. The van der Waals surface area contributed by atoms with Crippen LogP contribution in [0, 0.1) is 0 Å². The minimum absolute atomic E-state index is 0.539. The Labute approximate surface area is 150 Å². The first kappa shape index (κ1) is 16.0. The monoisotopic (exact) mass is 346 g/mol. The summed E-state index contributed by atoms with van der Waals surface area (Å²) in [5.41, 5.74) is 5.65. The third kappa shape index (κ3) is 2.93. The van der Waals surface area contributed by atoms with Crippen LogP contribution in [0.15, 0.2) is 61.1 Å². The highest BCUT2D eigenvalue weighted by Crippen LogP contribution is 2.29.